The van der Waals surface area contributed by atoms with Crippen molar-refractivity contribution in [1.82, 2.24) is 0 Å². The topological polar surface area (TPSA) is 168 Å². The van der Waals surface area contributed by atoms with Gasteiger partial charge in [-0.25, -0.2) is 4.79 Å². The first-order valence-electron chi connectivity index (χ1n) is 12.6. The summed E-state index contributed by atoms with van der Waals surface area (Å²) in [5.41, 5.74) is 0. The Morgan fingerprint density at radius 2 is 1.00 bits per heavy atom. The molecule has 0 aromatic rings. The SMILES string of the molecule is CCCCCCCCCCCCCCCCOC(=O)C(O)C(O)C(O)C(O)C(O)C(O)CO. The van der Waals surface area contributed by atoms with E-state index in [2.05, 4.69) is 6.92 Å². The lowest BCUT2D eigenvalue weighted by Gasteiger charge is -2.29. The van der Waals surface area contributed by atoms with E-state index in [9.17, 15) is 35.4 Å². The van der Waals surface area contributed by atoms with E-state index in [1.807, 2.05) is 0 Å². The molecule has 0 radical (unpaired) electrons. The molecule has 6 unspecified atom stereocenters. The van der Waals surface area contributed by atoms with Crippen LogP contribution in [0.5, 0.6) is 0 Å². The number of ether oxygens (including phenoxy) is 1. The van der Waals surface area contributed by atoms with Crippen molar-refractivity contribution < 1.29 is 45.3 Å². The maximum atomic E-state index is 11.8. The largest absolute Gasteiger partial charge is 0.464 e. The fraction of sp³-hybridized carbons (Fsp3) is 0.958. The summed E-state index contributed by atoms with van der Waals surface area (Å²) in [4.78, 5) is 11.8. The third kappa shape index (κ3) is 14.9. The summed E-state index contributed by atoms with van der Waals surface area (Å²) in [7, 11) is 0. The van der Waals surface area contributed by atoms with E-state index in [1.165, 1.54) is 64.2 Å². The predicted octanol–water partition coefficient (Wildman–Crippen LogP) is 1.17. The zero-order chi connectivity index (χ0) is 25.1. The summed E-state index contributed by atoms with van der Waals surface area (Å²) in [5.74, 6) is -1.15. The van der Waals surface area contributed by atoms with Crippen LogP contribution in [0.4, 0.5) is 0 Å². The first-order chi connectivity index (χ1) is 15.8. The number of carbonyl (C=O) groups is 1. The first-order valence-corrected chi connectivity index (χ1v) is 12.6. The van der Waals surface area contributed by atoms with Crippen LogP contribution >= 0.6 is 0 Å². The van der Waals surface area contributed by atoms with Crippen LogP contribution in [0.15, 0.2) is 0 Å². The number of unbranched alkanes of at least 4 members (excludes halogenated alkanes) is 13. The molecule has 0 aromatic carbocycles. The van der Waals surface area contributed by atoms with Gasteiger partial charge in [-0.05, 0) is 6.42 Å². The standard InChI is InChI=1S/C24H48O9/c1-2-3-4-5-6-7-8-9-10-11-12-13-14-15-16-33-24(32)23(31)22(30)21(29)20(28)19(27)18(26)17-25/h18-23,25-31H,2-17H2,1H3. The van der Waals surface area contributed by atoms with Gasteiger partial charge in [-0.3, -0.25) is 0 Å². The lowest BCUT2D eigenvalue weighted by molar-refractivity contribution is -0.179. The summed E-state index contributed by atoms with van der Waals surface area (Å²) in [6.07, 6.45) is 4.46. The molecule has 0 amide bonds. The van der Waals surface area contributed by atoms with Crippen LogP contribution in [0.2, 0.25) is 0 Å². The second-order valence-corrected chi connectivity index (χ2v) is 8.92. The molecule has 7 N–H and O–H groups in total. The Kier molecular flexibility index (Phi) is 20.0. The average Bonchev–Trinajstić information content (AvgIpc) is 2.83. The normalized spacial score (nSPS) is 17.2. The van der Waals surface area contributed by atoms with Crippen LogP contribution in [-0.4, -0.2) is 91.6 Å². The van der Waals surface area contributed by atoms with Crippen molar-refractivity contribution in [2.24, 2.45) is 0 Å². The summed E-state index contributed by atoms with van der Waals surface area (Å²) < 4.78 is 4.90. The second-order valence-electron chi connectivity index (χ2n) is 8.92. The highest BCUT2D eigenvalue weighted by molar-refractivity contribution is 5.75. The molecule has 0 aliphatic rings. The predicted molar refractivity (Wildman–Crippen MR) is 124 cm³/mol. The molecule has 0 spiro atoms. The number of hydrogen-bond acceptors (Lipinski definition) is 9. The van der Waals surface area contributed by atoms with Crippen LogP contribution < -0.4 is 0 Å². The highest BCUT2D eigenvalue weighted by atomic mass is 16.5. The average molecular weight is 481 g/mol. The fourth-order valence-corrected chi connectivity index (χ4v) is 3.62. The van der Waals surface area contributed by atoms with Crippen LogP contribution in [0, 0.1) is 0 Å². The Labute approximate surface area is 198 Å². The van der Waals surface area contributed by atoms with E-state index < -0.39 is 49.2 Å². The molecule has 0 aliphatic heterocycles. The third-order valence-electron chi connectivity index (χ3n) is 5.94. The molecule has 6 atom stereocenters. The van der Waals surface area contributed by atoms with Crippen molar-refractivity contribution in [2.45, 2.75) is 133 Å². The highest BCUT2D eigenvalue weighted by Crippen LogP contribution is 2.14. The van der Waals surface area contributed by atoms with Crippen molar-refractivity contribution >= 4 is 5.97 Å². The number of aliphatic hydroxyl groups excluding tert-OH is 7. The third-order valence-corrected chi connectivity index (χ3v) is 5.94. The molecule has 0 aromatic heterocycles. The Hall–Kier alpha value is -0.810. The molecule has 0 fully saturated rings. The van der Waals surface area contributed by atoms with Gasteiger partial charge in [0.1, 0.15) is 30.5 Å². The Morgan fingerprint density at radius 1 is 0.606 bits per heavy atom. The monoisotopic (exact) mass is 480 g/mol. The molecule has 0 rings (SSSR count). The molecule has 9 heteroatoms. The molecule has 0 heterocycles. The van der Waals surface area contributed by atoms with E-state index >= 15 is 0 Å². The smallest absolute Gasteiger partial charge is 0.337 e. The number of aliphatic hydroxyl groups is 7. The Balaban J connectivity index is 3.78. The van der Waals surface area contributed by atoms with Gasteiger partial charge in [0.05, 0.1) is 13.2 Å². The van der Waals surface area contributed by atoms with Crippen molar-refractivity contribution in [2.75, 3.05) is 13.2 Å². The Morgan fingerprint density at radius 3 is 1.42 bits per heavy atom. The van der Waals surface area contributed by atoms with Crippen LogP contribution in [0.25, 0.3) is 0 Å². The quantitative estimate of drug-likeness (QED) is 0.0888. The van der Waals surface area contributed by atoms with Crippen LogP contribution in [0.1, 0.15) is 96.8 Å². The van der Waals surface area contributed by atoms with Gasteiger partial charge >= 0.3 is 5.97 Å². The highest BCUT2D eigenvalue weighted by Gasteiger charge is 2.39. The molecule has 0 bridgehead atoms. The van der Waals surface area contributed by atoms with Crippen molar-refractivity contribution in [3.8, 4) is 0 Å². The minimum atomic E-state index is -2.13. The number of hydrogen-bond donors (Lipinski definition) is 7. The van der Waals surface area contributed by atoms with Gasteiger partial charge in [0, 0.05) is 0 Å². The molecule has 33 heavy (non-hydrogen) atoms. The second kappa shape index (κ2) is 20.6. The van der Waals surface area contributed by atoms with Gasteiger partial charge in [0.25, 0.3) is 0 Å². The van der Waals surface area contributed by atoms with Gasteiger partial charge in [-0.1, -0.05) is 90.4 Å². The summed E-state index contributed by atoms with van der Waals surface area (Å²) in [5, 5.41) is 66.7. The zero-order valence-corrected chi connectivity index (χ0v) is 20.2. The minimum absolute atomic E-state index is 0.0607. The molecule has 0 aliphatic carbocycles. The maximum Gasteiger partial charge on any atom is 0.337 e. The number of esters is 1. The number of carbonyl (C=O) groups excluding carboxylic acids is 1. The van der Waals surface area contributed by atoms with Gasteiger partial charge in [-0.2, -0.15) is 0 Å². The van der Waals surface area contributed by atoms with Crippen molar-refractivity contribution in [1.29, 1.82) is 0 Å². The Bertz CT molecular complexity index is 463. The number of rotatable bonds is 22. The lowest BCUT2D eigenvalue weighted by atomic mass is 9.96. The molecule has 9 nitrogen and oxygen atoms in total. The van der Waals surface area contributed by atoms with Gasteiger partial charge in [0.2, 0.25) is 0 Å². The zero-order valence-electron chi connectivity index (χ0n) is 20.2. The lowest BCUT2D eigenvalue weighted by Crippen LogP contribution is -2.54. The van der Waals surface area contributed by atoms with E-state index in [4.69, 9.17) is 9.84 Å². The van der Waals surface area contributed by atoms with Gasteiger partial charge < -0.3 is 40.5 Å². The van der Waals surface area contributed by atoms with E-state index in [0.717, 1.165) is 19.3 Å². The fourth-order valence-electron chi connectivity index (χ4n) is 3.62. The molecular formula is C24H48O9. The molecule has 0 saturated heterocycles. The van der Waals surface area contributed by atoms with E-state index in [-0.39, 0.29) is 6.61 Å². The summed E-state index contributed by atoms with van der Waals surface area (Å²) in [6.45, 7) is 1.41. The maximum absolute atomic E-state index is 11.8. The molecule has 0 saturated carbocycles. The molecular weight excluding hydrogens is 432 g/mol. The van der Waals surface area contributed by atoms with E-state index in [0.29, 0.717) is 6.42 Å². The minimum Gasteiger partial charge on any atom is -0.464 e. The van der Waals surface area contributed by atoms with Crippen LogP contribution in [-0.2, 0) is 9.53 Å². The first kappa shape index (κ1) is 32.2. The summed E-state index contributed by atoms with van der Waals surface area (Å²) in [6, 6.07) is 0. The van der Waals surface area contributed by atoms with Gasteiger partial charge in [0.15, 0.2) is 6.10 Å². The van der Waals surface area contributed by atoms with Crippen molar-refractivity contribution in [3.63, 3.8) is 0 Å². The van der Waals surface area contributed by atoms with E-state index in [1.54, 1.807) is 0 Å². The van der Waals surface area contributed by atoms with Crippen molar-refractivity contribution in [3.05, 3.63) is 0 Å². The van der Waals surface area contributed by atoms with Gasteiger partial charge in [-0.15, -0.1) is 0 Å². The summed E-state index contributed by atoms with van der Waals surface area (Å²) >= 11 is 0. The van der Waals surface area contributed by atoms with Crippen LogP contribution in [0.3, 0.4) is 0 Å². The molecule has 198 valence electrons.